The Morgan fingerprint density at radius 3 is 2.45 bits per heavy atom. The van der Waals surface area contributed by atoms with E-state index in [4.69, 9.17) is 4.98 Å². The standard InChI is InChI=1S/C16H21BrN2S/c1-5-14-11(2)20-15(19-14)16(3,18-4)10-12-6-8-13(17)9-7-12/h6-9,18H,5,10H2,1-4H3. The summed E-state index contributed by atoms with van der Waals surface area (Å²) in [5.41, 5.74) is 2.43. The van der Waals surface area contributed by atoms with Crippen LogP contribution in [0.4, 0.5) is 0 Å². The molecule has 0 radical (unpaired) electrons. The predicted molar refractivity (Wildman–Crippen MR) is 90.5 cm³/mol. The Morgan fingerprint density at radius 1 is 1.30 bits per heavy atom. The number of aromatic nitrogens is 1. The third-order valence-corrected chi connectivity index (χ3v) is 5.53. The average molecular weight is 353 g/mol. The Balaban J connectivity index is 2.30. The molecular weight excluding hydrogens is 332 g/mol. The van der Waals surface area contributed by atoms with Crippen molar-refractivity contribution in [2.45, 2.75) is 39.2 Å². The van der Waals surface area contributed by atoms with Gasteiger partial charge in [-0.15, -0.1) is 11.3 Å². The van der Waals surface area contributed by atoms with E-state index in [0.717, 1.165) is 17.3 Å². The zero-order valence-electron chi connectivity index (χ0n) is 12.5. The lowest BCUT2D eigenvalue weighted by atomic mass is 9.93. The molecule has 1 aromatic heterocycles. The van der Waals surface area contributed by atoms with Gasteiger partial charge in [-0.1, -0.05) is 35.0 Å². The summed E-state index contributed by atoms with van der Waals surface area (Å²) in [6.07, 6.45) is 1.94. The predicted octanol–water partition coefficient (Wildman–Crippen LogP) is 4.45. The number of nitrogens with zero attached hydrogens (tertiary/aromatic N) is 1. The highest BCUT2D eigenvalue weighted by Gasteiger charge is 2.29. The Kier molecular flexibility index (Phi) is 4.99. The molecule has 108 valence electrons. The largest absolute Gasteiger partial charge is 0.308 e. The van der Waals surface area contributed by atoms with Gasteiger partial charge >= 0.3 is 0 Å². The number of nitrogens with one attached hydrogen (secondary N) is 1. The van der Waals surface area contributed by atoms with Crippen molar-refractivity contribution in [2.24, 2.45) is 0 Å². The molecule has 0 saturated carbocycles. The number of rotatable bonds is 5. The number of likely N-dealkylation sites (N-methyl/N-ethyl adjacent to an activating group) is 1. The minimum atomic E-state index is -0.114. The second-order valence-electron chi connectivity index (χ2n) is 5.26. The lowest BCUT2D eigenvalue weighted by Crippen LogP contribution is -2.39. The molecule has 1 unspecified atom stereocenters. The van der Waals surface area contributed by atoms with Gasteiger partial charge < -0.3 is 5.32 Å². The fourth-order valence-corrected chi connectivity index (χ4v) is 3.69. The summed E-state index contributed by atoms with van der Waals surface area (Å²) in [7, 11) is 2.02. The van der Waals surface area contributed by atoms with Crippen molar-refractivity contribution in [2.75, 3.05) is 7.05 Å². The van der Waals surface area contributed by atoms with Gasteiger partial charge in [-0.3, -0.25) is 0 Å². The van der Waals surface area contributed by atoms with Gasteiger partial charge in [0.1, 0.15) is 5.01 Å². The molecule has 1 atom stereocenters. The molecular formula is C16H21BrN2S. The first kappa shape index (κ1) is 15.7. The molecule has 2 nitrogen and oxygen atoms in total. The molecule has 0 spiro atoms. The van der Waals surface area contributed by atoms with Crippen LogP contribution in [0, 0.1) is 6.92 Å². The lowest BCUT2D eigenvalue weighted by Gasteiger charge is -2.27. The summed E-state index contributed by atoms with van der Waals surface area (Å²) < 4.78 is 1.12. The molecule has 0 amide bonds. The maximum Gasteiger partial charge on any atom is 0.113 e. The van der Waals surface area contributed by atoms with Crippen molar-refractivity contribution < 1.29 is 0 Å². The first-order chi connectivity index (χ1) is 9.48. The monoisotopic (exact) mass is 352 g/mol. The third-order valence-electron chi connectivity index (χ3n) is 3.72. The molecule has 0 bridgehead atoms. The van der Waals surface area contributed by atoms with Crippen molar-refractivity contribution in [3.8, 4) is 0 Å². The van der Waals surface area contributed by atoms with E-state index in [1.807, 2.05) is 18.4 Å². The van der Waals surface area contributed by atoms with Crippen LogP contribution < -0.4 is 5.32 Å². The Bertz CT molecular complexity index is 577. The number of hydrogen-bond donors (Lipinski definition) is 1. The highest BCUT2D eigenvalue weighted by atomic mass is 79.9. The number of hydrogen-bond acceptors (Lipinski definition) is 3. The van der Waals surface area contributed by atoms with Crippen LogP contribution in [-0.2, 0) is 18.4 Å². The van der Waals surface area contributed by atoms with Crippen molar-refractivity contribution in [1.29, 1.82) is 0 Å². The second-order valence-corrected chi connectivity index (χ2v) is 7.38. The minimum Gasteiger partial charge on any atom is -0.308 e. The van der Waals surface area contributed by atoms with Crippen molar-refractivity contribution in [1.82, 2.24) is 10.3 Å². The van der Waals surface area contributed by atoms with Crippen LogP contribution in [0.25, 0.3) is 0 Å². The van der Waals surface area contributed by atoms with Gasteiger partial charge in [0, 0.05) is 9.35 Å². The maximum atomic E-state index is 4.83. The Labute approximate surface area is 133 Å². The van der Waals surface area contributed by atoms with Gasteiger partial charge in [-0.05, 0) is 51.4 Å². The summed E-state index contributed by atoms with van der Waals surface area (Å²) in [6.45, 7) is 6.56. The van der Waals surface area contributed by atoms with E-state index in [9.17, 15) is 0 Å². The topological polar surface area (TPSA) is 24.9 Å². The first-order valence-electron chi connectivity index (χ1n) is 6.88. The molecule has 4 heteroatoms. The van der Waals surface area contributed by atoms with E-state index in [0.29, 0.717) is 0 Å². The van der Waals surface area contributed by atoms with Gasteiger partial charge in [0.25, 0.3) is 0 Å². The van der Waals surface area contributed by atoms with Crippen molar-refractivity contribution in [3.63, 3.8) is 0 Å². The molecule has 1 N–H and O–H groups in total. The van der Waals surface area contributed by atoms with E-state index in [1.165, 1.54) is 21.1 Å². The van der Waals surface area contributed by atoms with Crippen LogP contribution in [0.15, 0.2) is 28.7 Å². The van der Waals surface area contributed by atoms with Crippen LogP contribution in [0.5, 0.6) is 0 Å². The normalized spacial score (nSPS) is 14.2. The van der Waals surface area contributed by atoms with E-state index < -0.39 is 0 Å². The smallest absolute Gasteiger partial charge is 0.113 e. The highest BCUT2D eigenvalue weighted by molar-refractivity contribution is 9.10. The number of aryl methyl sites for hydroxylation is 2. The average Bonchev–Trinajstić information content (AvgIpc) is 2.83. The summed E-state index contributed by atoms with van der Waals surface area (Å²) in [6, 6.07) is 8.52. The zero-order valence-corrected chi connectivity index (χ0v) is 14.9. The van der Waals surface area contributed by atoms with Gasteiger partial charge in [0.05, 0.1) is 11.2 Å². The summed E-state index contributed by atoms with van der Waals surface area (Å²) in [4.78, 5) is 6.16. The molecule has 0 aliphatic rings. The van der Waals surface area contributed by atoms with Gasteiger partial charge in [-0.2, -0.15) is 0 Å². The number of halogens is 1. The molecule has 20 heavy (non-hydrogen) atoms. The molecule has 0 aliphatic carbocycles. The van der Waals surface area contributed by atoms with Crippen LogP contribution in [0.1, 0.15) is 35.0 Å². The third kappa shape index (κ3) is 3.30. The Morgan fingerprint density at radius 2 is 1.95 bits per heavy atom. The Hall–Kier alpha value is -0.710. The number of benzene rings is 1. The molecule has 1 heterocycles. The van der Waals surface area contributed by atoms with Crippen molar-refractivity contribution in [3.05, 3.63) is 49.9 Å². The van der Waals surface area contributed by atoms with Crippen LogP contribution in [0.2, 0.25) is 0 Å². The van der Waals surface area contributed by atoms with E-state index in [2.05, 4.69) is 66.3 Å². The lowest BCUT2D eigenvalue weighted by molar-refractivity contribution is 0.394. The summed E-state index contributed by atoms with van der Waals surface area (Å²) in [5, 5.41) is 4.64. The first-order valence-corrected chi connectivity index (χ1v) is 8.49. The highest BCUT2D eigenvalue weighted by Crippen LogP contribution is 2.31. The zero-order chi connectivity index (χ0) is 14.8. The summed E-state index contributed by atoms with van der Waals surface area (Å²) in [5.74, 6) is 0. The van der Waals surface area contributed by atoms with Crippen LogP contribution in [-0.4, -0.2) is 12.0 Å². The van der Waals surface area contributed by atoms with Crippen molar-refractivity contribution >= 4 is 27.3 Å². The van der Waals surface area contributed by atoms with E-state index in [1.54, 1.807) is 0 Å². The fraction of sp³-hybridized carbons (Fsp3) is 0.438. The van der Waals surface area contributed by atoms with Gasteiger partial charge in [0.15, 0.2) is 0 Å². The number of thiazole rings is 1. The second kappa shape index (κ2) is 6.37. The molecule has 0 fully saturated rings. The molecule has 0 aliphatic heterocycles. The van der Waals surface area contributed by atoms with Gasteiger partial charge in [0.2, 0.25) is 0 Å². The molecule has 2 aromatic rings. The van der Waals surface area contributed by atoms with Gasteiger partial charge in [-0.25, -0.2) is 4.98 Å². The van der Waals surface area contributed by atoms with Crippen LogP contribution >= 0.6 is 27.3 Å². The molecule has 2 rings (SSSR count). The fourth-order valence-electron chi connectivity index (χ4n) is 2.27. The summed E-state index contributed by atoms with van der Waals surface area (Å²) >= 11 is 5.29. The quantitative estimate of drug-likeness (QED) is 0.859. The van der Waals surface area contributed by atoms with E-state index in [-0.39, 0.29) is 5.54 Å². The molecule has 0 saturated heterocycles. The maximum absolute atomic E-state index is 4.83. The SMILES string of the molecule is CCc1nc(C(C)(Cc2ccc(Br)cc2)NC)sc1C. The molecule has 1 aromatic carbocycles. The van der Waals surface area contributed by atoms with E-state index >= 15 is 0 Å². The minimum absolute atomic E-state index is 0.114. The van der Waals surface area contributed by atoms with Crippen LogP contribution in [0.3, 0.4) is 0 Å².